The third kappa shape index (κ3) is 7.43. The molecule has 2 aromatic rings. The summed E-state index contributed by atoms with van der Waals surface area (Å²) in [5.74, 6) is -2.14. The van der Waals surface area contributed by atoms with Crippen LogP contribution in [0.4, 0.5) is 36.7 Å². The fraction of sp³-hybridized carbons (Fsp3) is 0.538. The molecule has 13 heteroatoms. The summed E-state index contributed by atoms with van der Waals surface area (Å²) in [7, 11) is 0. The topological polar surface area (TPSA) is 144 Å². The molecular formula is C26H35F2N7O4. The molecule has 3 heterocycles. The van der Waals surface area contributed by atoms with E-state index in [2.05, 4.69) is 25.9 Å². The Bertz CT molecular complexity index is 1210. The quantitative estimate of drug-likeness (QED) is 0.371. The number of amides is 2. The molecule has 2 aromatic heterocycles. The van der Waals surface area contributed by atoms with Gasteiger partial charge in [-0.15, -0.1) is 0 Å². The zero-order valence-electron chi connectivity index (χ0n) is 22.5. The van der Waals surface area contributed by atoms with E-state index in [0.29, 0.717) is 26.3 Å². The molecule has 11 nitrogen and oxygen atoms in total. The summed E-state index contributed by atoms with van der Waals surface area (Å²) in [6, 6.07) is 1.40. The number of hydrogen-bond acceptors (Lipinski definition) is 9. The van der Waals surface area contributed by atoms with E-state index < -0.39 is 35.3 Å². The lowest BCUT2D eigenvalue weighted by Crippen LogP contribution is -2.48. The number of nitrogens with zero attached hydrogens (tertiary/aromatic N) is 3. The van der Waals surface area contributed by atoms with Crippen molar-refractivity contribution in [2.24, 2.45) is 11.7 Å². The number of anilines is 4. The highest BCUT2D eigenvalue weighted by Gasteiger charge is 2.37. The Morgan fingerprint density at radius 3 is 2.44 bits per heavy atom. The number of primary amides is 1. The lowest BCUT2D eigenvalue weighted by molar-refractivity contribution is 0.0492. The van der Waals surface area contributed by atoms with Gasteiger partial charge in [0.15, 0.2) is 23.3 Å². The molecule has 4 rings (SSSR count). The molecule has 39 heavy (non-hydrogen) atoms. The molecule has 1 saturated carbocycles. The lowest BCUT2D eigenvalue weighted by atomic mass is 10.1. The molecule has 2 fully saturated rings. The second-order valence-electron chi connectivity index (χ2n) is 10.8. The van der Waals surface area contributed by atoms with Crippen LogP contribution in [-0.2, 0) is 9.47 Å². The Hall–Kier alpha value is -3.74. The van der Waals surface area contributed by atoms with Crippen LogP contribution in [0, 0.1) is 17.6 Å². The second kappa shape index (κ2) is 11.6. The zero-order valence-corrected chi connectivity index (χ0v) is 22.5. The monoisotopic (exact) mass is 547 g/mol. The predicted molar refractivity (Wildman–Crippen MR) is 142 cm³/mol. The van der Waals surface area contributed by atoms with Gasteiger partial charge in [0.1, 0.15) is 11.4 Å². The van der Waals surface area contributed by atoms with Crippen molar-refractivity contribution >= 4 is 35.1 Å². The maximum atomic E-state index is 15.0. The van der Waals surface area contributed by atoms with Gasteiger partial charge in [0, 0.05) is 25.2 Å². The lowest BCUT2D eigenvalue weighted by Gasteiger charge is -2.28. The van der Waals surface area contributed by atoms with Crippen LogP contribution in [0.3, 0.4) is 0 Å². The van der Waals surface area contributed by atoms with E-state index >= 15 is 4.39 Å². The summed E-state index contributed by atoms with van der Waals surface area (Å²) < 4.78 is 40.6. The third-order valence-corrected chi connectivity index (χ3v) is 6.35. The molecule has 0 spiro atoms. The number of halogens is 2. The molecule has 212 valence electrons. The van der Waals surface area contributed by atoms with Gasteiger partial charge in [-0.3, -0.25) is 4.79 Å². The highest BCUT2D eigenvalue weighted by atomic mass is 19.1. The average Bonchev–Trinajstić information content (AvgIpc) is 3.69. The SMILES string of the molecule is C[C@@H](Nc1nc(Nc2cnc(N3CCOCC3)c(F)c2)c(C(N)=O)cc1F)[C@@H](NC(=O)OC(C)(C)C)C1CC1. The van der Waals surface area contributed by atoms with Crippen molar-refractivity contribution in [1.29, 1.82) is 0 Å². The number of morpholine rings is 1. The van der Waals surface area contributed by atoms with Crippen LogP contribution >= 0.6 is 0 Å². The molecule has 5 N–H and O–H groups in total. The smallest absolute Gasteiger partial charge is 0.407 e. The molecule has 1 aliphatic heterocycles. The zero-order chi connectivity index (χ0) is 28.3. The predicted octanol–water partition coefficient (Wildman–Crippen LogP) is 3.54. The van der Waals surface area contributed by atoms with Crippen molar-refractivity contribution in [3.63, 3.8) is 0 Å². The van der Waals surface area contributed by atoms with E-state index in [1.165, 1.54) is 12.3 Å². The number of hydrogen-bond donors (Lipinski definition) is 4. The first-order valence-electron chi connectivity index (χ1n) is 12.9. The number of nitrogens with one attached hydrogen (secondary N) is 3. The van der Waals surface area contributed by atoms with Crippen LogP contribution in [0.15, 0.2) is 18.3 Å². The van der Waals surface area contributed by atoms with Crippen LogP contribution < -0.4 is 26.6 Å². The van der Waals surface area contributed by atoms with Gasteiger partial charge in [0.05, 0.1) is 36.7 Å². The summed E-state index contributed by atoms with van der Waals surface area (Å²) in [6.07, 6.45) is 2.65. The number of nitrogens with two attached hydrogens (primary N) is 1. The fourth-order valence-corrected chi connectivity index (χ4v) is 4.37. The standard InChI is InChI=1S/C26H35F2N7O4/c1-14(20(15-5-6-15)33-25(37)39-26(2,3)4)31-23-18(27)12-17(21(29)36)22(34-23)32-16-11-19(28)24(30-13-16)35-7-9-38-10-8-35/h11-15,20H,5-10H2,1-4H3,(H2,29,36)(H,33,37)(H2,31,32,34)/t14-,20-/m1/s1. The molecule has 2 amide bonds. The van der Waals surface area contributed by atoms with Gasteiger partial charge < -0.3 is 36.1 Å². The number of carbonyl (C=O) groups is 2. The van der Waals surface area contributed by atoms with Crippen molar-refractivity contribution in [1.82, 2.24) is 15.3 Å². The Balaban J connectivity index is 1.53. The van der Waals surface area contributed by atoms with Crippen molar-refractivity contribution in [3.8, 4) is 0 Å². The number of aromatic nitrogens is 2. The van der Waals surface area contributed by atoms with Crippen LogP contribution in [0.5, 0.6) is 0 Å². The first-order valence-corrected chi connectivity index (χ1v) is 12.9. The van der Waals surface area contributed by atoms with Crippen molar-refractivity contribution in [3.05, 3.63) is 35.5 Å². The Morgan fingerprint density at radius 1 is 1.15 bits per heavy atom. The molecule has 2 atom stereocenters. The van der Waals surface area contributed by atoms with Gasteiger partial charge in [0.2, 0.25) is 0 Å². The Kier molecular flexibility index (Phi) is 8.38. The summed E-state index contributed by atoms with van der Waals surface area (Å²) in [6.45, 7) is 9.08. The van der Waals surface area contributed by atoms with E-state index in [-0.39, 0.29) is 40.7 Å². The van der Waals surface area contributed by atoms with Crippen molar-refractivity contribution < 1.29 is 27.8 Å². The Morgan fingerprint density at radius 2 is 1.85 bits per heavy atom. The summed E-state index contributed by atoms with van der Waals surface area (Å²) in [4.78, 5) is 34.7. The number of rotatable bonds is 9. The van der Waals surface area contributed by atoms with Gasteiger partial charge in [-0.05, 0) is 52.5 Å². The van der Waals surface area contributed by atoms with Gasteiger partial charge in [-0.1, -0.05) is 0 Å². The first kappa shape index (κ1) is 28.3. The number of alkyl carbamates (subject to hydrolysis) is 1. The Labute approximate surface area is 225 Å². The highest BCUT2D eigenvalue weighted by molar-refractivity contribution is 5.98. The maximum absolute atomic E-state index is 15.0. The maximum Gasteiger partial charge on any atom is 0.407 e. The normalized spacial score (nSPS) is 17.2. The molecule has 0 aromatic carbocycles. The molecule has 0 unspecified atom stereocenters. The largest absolute Gasteiger partial charge is 0.444 e. The van der Waals surface area contributed by atoms with Crippen LogP contribution in [-0.4, -0.2) is 66.0 Å². The van der Waals surface area contributed by atoms with Gasteiger partial charge >= 0.3 is 6.09 Å². The molecule has 1 saturated heterocycles. The van der Waals surface area contributed by atoms with E-state index in [9.17, 15) is 14.0 Å². The van der Waals surface area contributed by atoms with E-state index in [0.717, 1.165) is 18.9 Å². The van der Waals surface area contributed by atoms with Crippen molar-refractivity contribution in [2.75, 3.05) is 41.8 Å². The van der Waals surface area contributed by atoms with E-state index in [4.69, 9.17) is 15.2 Å². The van der Waals surface area contributed by atoms with E-state index in [1.807, 2.05) is 0 Å². The van der Waals surface area contributed by atoms with Crippen molar-refractivity contribution in [2.45, 2.75) is 58.2 Å². The number of ether oxygens (including phenoxy) is 2. The molecular weight excluding hydrogens is 512 g/mol. The van der Waals surface area contributed by atoms with Crippen LogP contribution in [0.1, 0.15) is 50.9 Å². The van der Waals surface area contributed by atoms with Crippen LogP contribution in [0.25, 0.3) is 0 Å². The van der Waals surface area contributed by atoms with Gasteiger partial charge in [-0.25, -0.2) is 23.5 Å². The minimum atomic E-state index is -0.913. The molecule has 0 radical (unpaired) electrons. The minimum Gasteiger partial charge on any atom is -0.444 e. The first-order chi connectivity index (χ1) is 18.4. The highest BCUT2D eigenvalue weighted by Crippen LogP contribution is 2.35. The van der Waals surface area contributed by atoms with Crippen LogP contribution in [0.2, 0.25) is 0 Å². The summed E-state index contributed by atoms with van der Waals surface area (Å²) >= 11 is 0. The number of carbonyl (C=O) groups excluding carboxylic acids is 2. The average molecular weight is 548 g/mol. The van der Waals surface area contributed by atoms with Gasteiger partial charge in [0.25, 0.3) is 5.91 Å². The molecule has 1 aliphatic carbocycles. The summed E-state index contributed by atoms with van der Waals surface area (Å²) in [5, 5.41) is 8.71. The number of pyridine rings is 2. The fourth-order valence-electron chi connectivity index (χ4n) is 4.37. The minimum absolute atomic E-state index is 0.0676. The molecule has 0 bridgehead atoms. The summed E-state index contributed by atoms with van der Waals surface area (Å²) in [5.41, 5.74) is 4.79. The van der Waals surface area contributed by atoms with Gasteiger partial charge in [-0.2, -0.15) is 0 Å². The second-order valence-corrected chi connectivity index (χ2v) is 10.8. The third-order valence-electron chi connectivity index (χ3n) is 6.35. The molecule has 2 aliphatic rings. The van der Waals surface area contributed by atoms with E-state index in [1.54, 1.807) is 32.6 Å².